The van der Waals surface area contributed by atoms with Gasteiger partial charge >= 0.3 is 0 Å². The Morgan fingerprint density at radius 2 is 1.62 bits per heavy atom. The van der Waals surface area contributed by atoms with Gasteiger partial charge in [-0.2, -0.15) is 0 Å². The van der Waals surface area contributed by atoms with Crippen LogP contribution in [0.2, 0.25) is 0 Å². The normalized spacial score (nSPS) is 12.6. The molecule has 8 heteroatoms. The van der Waals surface area contributed by atoms with E-state index in [4.69, 9.17) is 0 Å². The molecule has 0 bridgehead atoms. The third-order valence-electron chi connectivity index (χ3n) is 1.88. The molecule has 0 saturated carbocycles. The smallest absolute Gasteiger partial charge is 0.214 e. The first-order valence-corrected chi connectivity index (χ1v) is 7.19. The number of nitrogens with one attached hydrogen (secondary N) is 2. The molecule has 1 aromatic rings. The van der Waals surface area contributed by atoms with Crippen LogP contribution in [0.5, 0.6) is 0 Å². The number of sulfonamides is 2. The lowest BCUT2D eigenvalue weighted by molar-refractivity contribution is 0.586. The highest BCUT2D eigenvalue weighted by Gasteiger charge is 2.17. The van der Waals surface area contributed by atoms with Gasteiger partial charge in [-0.3, -0.25) is 0 Å². The first kappa shape index (κ1) is 13.1. The van der Waals surface area contributed by atoms with Crippen LogP contribution in [-0.2, 0) is 20.0 Å². The number of benzene rings is 1. The zero-order valence-electron chi connectivity index (χ0n) is 8.68. The maximum Gasteiger partial charge on any atom is 0.240 e. The van der Waals surface area contributed by atoms with Crippen molar-refractivity contribution in [2.45, 2.75) is 9.79 Å². The van der Waals surface area contributed by atoms with Crippen LogP contribution in [0, 0.1) is 6.07 Å². The van der Waals surface area contributed by atoms with Crippen molar-refractivity contribution in [2.75, 3.05) is 14.1 Å². The number of rotatable bonds is 4. The minimum Gasteiger partial charge on any atom is -0.214 e. The van der Waals surface area contributed by atoms with E-state index >= 15 is 0 Å². The molecule has 0 atom stereocenters. The van der Waals surface area contributed by atoms with Gasteiger partial charge in [0, 0.05) is 6.07 Å². The molecule has 6 nitrogen and oxygen atoms in total. The molecule has 0 aromatic heterocycles. The second-order valence-electron chi connectivity index (χ2n) is 2.80. The third kappa shape index (κ3) is 2.59. The Labute approximate surface area is 94.8 Å². The van der Waals surface area contributed by atoms with E-state index in [2.05, 4.69) is 15.5 Å². The lowest BCUT2D eigenvalue weighted by atomic mass is 10.4. The average Bonchev–Trinajstić information content (AvgIpc) is 2.29. The minimum atomic E-state index is -3.69. The Balaban J connectivity index is 3.37. The van der Waals surface area contributed by atoms with Crippen molar-refractivity contribution in [3.05, 3.63) is 24.3 Å². The van der Waals surface area contributed by atoms with Crippen LogP contribution in [0.3, 0.4) is 0 Å². The maximum atomic E-state index is 11.4. The van der Waals surface area contributed by atoms with Crippen LogP contribution < -0.4 is 9.44 Å². The van der Waals surface area contributed by atoms with Gasteiger partial charge in [0.15, 0.2) is 0 Å². The summed E-state index contributed by atoms with van der Waals surface area (Å²) in [6, 6.07) is 6.00. The Morgan fingerprint density at radius 3 is 2.12 bits per heavy atom. The van der Waals surface area contributed by atoms with E-state index in [0.29, 0.717) is 0 Å². The Kier molecular flexibility index (Phi) is 3.68. The molecule has 2 N–H and O–H groups in total. The van der Waals surface area contributed by atoms with Gasteiger partial charge in [-0.15, -0.1) is 0 Å². The highest BCUT2D eigenvalue weighted by molar-refractivity contribution is 7.90. The van der Waals surface area contributed by atoms with Crippen LogP contribution in [-0.4, -0.2) is 30.9 Å². The summed E-state index contributed by atoms with van der Waals surface area (Å²) in [5.41, 5.74) is 0. The van der Waals surface area contributed by atoms with Gasteiger partial charge in [0.2, 0.25) is 20.0 Å². The Bertz CT molecular complexity index is 529. The van der Waals surface area contributed by atoms with Gasteiger partial charge in [0.05, 0.1) is 9.79 Å². The van der Waals surface area contributed by atoms with Crippen molar-refractivity contribution < 1.29 is 16.8 Å². The van der Waals surface area contributed by atoms with E-state index in [-0.39, 0.29) is 9.79 Å². The maximum absolute atomic E-state index is 11.4. The quantitative estimate of drug-likeness (QED) is 0.751. The summed E-state index contributed by atoms with van der Waals surface area (Å²) in [5.74, 6) is 0. The Morgan fingerprint density at radius 1 is 1.06 bits per heavy atom. The standard InChI is InChI=1S/C8H11N2O4S2/c1-9-15(11,12)7-4-3-5-8(6-7)16(13,14)10-2/h3-4,6,9-10H,1-2H3. The van der Waals surface area contributed by atoms with Gasteiger partial charge in [0.25, 0.3) is 0 Å². The van der Waals surface area contributed by atoms with E-state index in [1.807, 2.05) is 0 Å². The summed E-state index contributed by atoms with van der Waals surface area (Å²) in [6.07, 6.45) is 0. The van der Waals surface area contributed by atoms with Crippen LogP contribution in [0.15, 0.2) is 28.0 Å². The lowest BCUT2D eigenvalue weighted by Gasteiger charge is -2.05. The fourth-order valence-electron chi connectivity index (χ4n) is 0.975. The van der Waals surface area contributed by atoms with Crippen molar-refractivity contribution in [1.82, 2.24) is 9.44 Å². The van der Waals surface area contributed by atoms with Crippen molar-refractivity contribution in [2.24, 2.45) is 0 Å². The highest BCUT2D eigenvalue weighted by atomic mass is 32.2. The highest BCUT2D eigenvalue weighted by Crippen LogP contribution is 2.14. The summed E-state index contributed by atoms with van der Waals surface area (Å²) in [7, 11) is -4.85. The molecule has 0 unspecified atom stereocenters. The lowest BCUT2D eigenvalue weighted by Crippen LogP contribution is -2.21. The molecule has 0 fully saturated rings. The number of hydrogen-bond donors (Lipinski definition) is 2. The molecule has 0 aliphatic heterocycles. The second-order valence-corrected chi connectivity index (χ2v) is 6.55. The topological polar surface area (TPSA) is 92.3 Å². The summed E-state index contributed by atoms with van der Waals surface area (Å²) < 4.78 is 49.9. The summed E-state index contributed by atoms with van der Waals surface area (Å²) >= 11 is 0. The molecule has 0 aliphatic rings. The summed E-state index contributed by atoms with van der Waals surface area (Å²) in [5, 5.41) is 0. The molecule has 89 valence electrons. The first-order chi connectivity index (χ1) is 7.33. The van der Waals surface area contributed by atoms with E-state index in [1.165, 1.54) is 26.2 Å². The van der Waals surface area contributed by atoms with Crippen molar-refractivity contribution in [3.63, 3.8) is 0 Å². The molecule has 0 saturated heterocycles. The monoisotopic (exact) mass is 263 g/mol. The minimum absolute atomic E-state index is 0.123. The molecule has 0 spiro atoms. The van der Waals surface area contributed by atoms with Crippen LogP contribution in [0.4, 0.5) is 0 Å². The molecule has 16 heavy (non-hydrogen) atoms. The van der Waals surface area contributed by atoms with E-state index < -0.39 is 20.0 Å². The van der Waals surface area contributed by atoms with Crippen molar-refractivity contribution >= 4 is 20.0 Å². The second kappa shape index (κ2) is 4.50. The molecule has 1 radical (unpaired) electrons. The largest absolute Gasteiger partial charge is 0.240 e. The SMILES string of the molecule is CNS(=O)(=O)c1[c]ccc(S(=O)(=O)NC)c1. The molecular formula is C8H11N2O4S2. The van der Waals surface area contributed by atoms with Crippen LogP contribution in [0.1, 0.15) is 0 Å². The molecule has 1 aromatic carbocycles. The van der Waals surface area contributed by atoms with Gasteiger partial charge in [-0.25, -0.2) is 26.3 Å². The molecule has 0 aliphatic carbocycles. The van der Waals surface area contributed by atoms with Crippen LogP contribution in [0.25, 0.3) is 0 Å². The van der Waals surface area contributed by atoms with E-state index in [1.54, 1.807) is 0 Å². The first-order valence-electron chi connectivity index (χ1n) is 4.22. The molecule has 0 amide bonds. The number of hydrogen-bond acceptors (Lipinski definition) is 4. The predicted octanol–water partition coefficient (Wildman–Crippen LogP) is -0.697. The van der Waals surface area contributed by atoms with E-state index in [9.17, 15) is 16.8 Å². The fraction of sp³-hybridized carbons (Fsp3) is 0.250. The van der Waals surface area contributed by atoms with Gasteiger partial charge < -0.3 is 0 Å². The third-order valence-corrected chi connectivity index (χ3v) is 4.65. The molecule has 0 heterocycles. The summed E-state index contributed by atoms with van der Waals surface area (Å²) in [4.78, 5) is -0.339. The zero-order chi connectivity index (χ0) is 12.4. The zero-order valence-corrected chi connectivity index (χ0v) is 10.3. The Hall–Kier alpha value is -0.960. The van der Waals surface area contributed by atoms with Crippen molar-refractivity contribution in [3.8, 4) is 0 Å². The van der Waals surface area contributed by atoms with Crippen LogP contribution >= 0.6 is 0 Å². The van der Waals surface area contributed by atoms with Gasteiger partial charge in [-0.1, -0.05) is 6.07 Å². The predicted molar refractivity (Wildman–Crippen MR) is 57.8 cm³/mol. The average molecular weight is 263 g/mol. The van der Waals surface area contributed by atoms with Gasteiger partial charge in [0.1, 0.15) is 0 Å². The molecular weight excluding hydrogens is 252 g/mol. The van der Waals surface area contributed by atoms with Gasteiger partial charge in [-0.05, 0) is 26.2 Å². The summed E-state index contributed by atoms with van der Waals surface area (Å²) in [6.45, 7) is 0. The molecule has 1 rings (SSSR count). The fourth-order valence-corrected chi connectivity index (χ4v) is 2.53. The van der Waals surface area contributed by atoms with E-state index in [0.717, 1.165) is 6.07 Å². The van der Waals surface area contributed by atoms with Crippen molar-refractivity contribution in [1.29, 1.82) is 0 Å².